The average molecular weight is 874 g/mol. The first-order valence-corrected chi connectivity index (χ1v) is 23.9. The van der Waals surface area contributed by atoms with Gasteiger partial charge in [0.1, 0.15) is 36.2 Å². The number of hydrogen-bond acceptors (Lipinski definition) is 12. The minimum atomic E-state index is -0.960. The Bertz CT molecular complexity index is 1810. The number of allylic oxidation sites excluding steroid dienone is 1. The van der Waals surface area contributed by atoms with Gasteiger partial charge in [-0.05, 0) is 125 Å². The van der Waals surface area contributed by atoms with Crippen LogP contribution in [-0.4, -0.2) is 111 Å². The summed E-state index contributed by atoms with van der Waals surface area (Å²) in [4.78, 5) is 9.01. The predicted octanol–water partition coefficient (Wildman–Crippen LogP) is 5.14. The van der Waals surface area contributed by atoms with Crippen LogP contribution in [0.2, 0.25) is 0 Å². The van der Waals surface area contributed by atoms with Gasteiger partial charge in [0.15, 0.2) is 17.6 Å². The lowest BCUT2D eigenvalue weighted by Crippen LogP contribution is -2.50. The number of phenols is 1. The van der Waals surface area contributed by atoms with E-state index in [0.29, 0.717) is 61.3 Å². The van der Waals surface area contributed by atoms with E-state index in [1.165, 1.54) is 25.2 Å². The molecule has 0 bridgehead atoms. The summed E-state index contributed by atoms with van der Waals surface area (Å²) in [6, 6.07) is 9.36. The number of nitrogens with one attached hydrogen (secondary N) is 2. The SMILES string of the molecule is CNC[C@H](NC[C@H](C)O)[C@@H]1[C+]2C=C([C@@H](O)COc3cc(CC[C-]4C=C(CO)C(CCCCCC[C@H](N)CC[C@H](O)CCc5ccnc(N)c5)[OH+]4)ccc3O)N=C2CC[C@H]2CCC[C@@H]21. The molecular formula is C50H77N6O7+. The molecule has 1 aromatic carbocycles. The van der Waals surface area contributed by atoms with Crippen LogP contribution in [0.5, 0.6) is 11.5 Å². The highest BCUT2D eigenvalue weighted by atomic mass is 16.5. The van der Waals surface area contributed by atoms with Gasteiger partial charge in [-0.25, -0.2) is 4.98 Å². The molecule has 0 spiro atoms. The van der Waals surface area contributed by atoms with Crippen molar-refractivity contribution in [3.8, 4) is 11.5 Å². The number of fused-ring (bicyclic) bond motifs is 2. The van der Waals surface area contributed by atoms with E-state index < -0.39 is 12.2 Å². The van der Waals surface area contributed by atoms with E-state index in [-0.39, 0.29) is 49.2 Å². The van der Waals surface area contributed by atoms with Crippen molar-refractivity contribution >= 4 is 11.5 Å². The number of anilines is 1. The third-order valence-electron chi connectivity index (χ3n) is 13.7. The molecule has 0 radical (unpaired) electrons. The van der Waals surface area contributed by atoms with Crippen molar-refractivity contribution in [3.63, 3.8) is 0 Å². The number of hydrogen-bond donors (Lipinski definition) is 9. The number of pyridine rings is 1. The van der Waals surface area contributed by atoms with Crippen LogP contribution in [0.15, 0.2) is 64.9 Å². The molecule has 4 aliphatic rings. The molecule has 12 N–H and O–H groups in total. The molecular weight excluding hydrogens is 797 g/mol. The highest BCUT2D eigenvalue weighted by Gasteiger charge is 2.52. The van der Waals surface area contributed by atoms with E-state index in [4.69, 9.17) is 25.9 Å². The monoisotopic (exact) mass is 874 g/mol. The second-order valence-corrected chi connectivity index (χ2v) is 18.7. The summed E-state index contributed by atoms with van der Waals surface area (Å²) >= 11 is 0. The lowest BCUT2D eigenvalue weighted by atomic mass is 9.72. The standard InChI is InChI=1S/C50H76N6O7/c1-32(58)28-55-44(29-53-2)50-40-10-7-8-35(40)15-20-42-41(50)27-43(56-42)46(61)31-62-48-24-33(14-21-45(48)60)13-19-39-26-36(30-57)47(63-39)11-6-4-3-5-9-37(51)16-18-38(59)17-12-34-22-23-54-49(52)25-34/h14,21-27,32,35,37-38,40,44,46-47,50,53,55,57-59,61,63H,3-13,15-20,28-31,51H2,1-2H3,(H2-,52,54,60)/p+1/t32-,35+,37-,38+,40-,44-,46-,47?,50-/m0/s1. The highest BCUT2D eigenvalue weighted by Crippen LogP contribution is 2.50. The molecule has 348 valence electrons. The predicted molar refractivity (Wildman–Crippen MR) is 250 cm³/mol. The molecule has 2 fully saturated rings. The Morgan fingerprint density at radius 1 is 0.984 bits per heavy atom. The van der Waals surface area contributed by atoms with Gasteiger partial charge in [-0.1, -0.05) is 38.2 Å². The number of aliphatic imine (C=N–C) groups is 1. The number of nitrogens with two attached hydrogens (primary N) is 2. The van der Waals surface area contributed by atoms with Gasteiger partial charge in [0, 0.05) is 50.8 Å². The second-order valence-electron chi connectivity index (χ2n) is 18.7. The lowest BCUT2D eigenvalue weighted by Gasteiger charge is -2.33. The van der Waals surface area contributed by atoms with Gasteiger partial charge in [-0.2, -0.15) is 0 Å². The zero-order valence-corrected chi connectivity index (χ0v) is 37.8. The summed E-state index contributed by atoms with van der Waals surface area (Å²) in [5, 5.41) is 59.8. The summed E-state index contributed by atoms with van der Waals surface area (Å²) < 4.78 is 11.0. The van der Waals surface area contributed by atoms with E-state index in [1.807, 2.05) is 44.3 Å². The number of unbranched alkanes of at least 4 members (excludes halogenated alkanes) is 3. The molecule has 3 heterocycles. The van der Waals surface area contributed by atoms with Crippen LogP contribution in [0, 0.1) is 29.8 Å². The first-order valence-electron chi connectivity index (χ1n) is 23.9. The molecule has 9 atom stereocenters. The van der Waals surface area contributed by atoms with Gasteiger partial charge in [0.05, 0.1) is 24.2 Å². The maximum absolute atomic E-state index is 11.4. The van der Waals surface area contributed by atoms with Crippen molar-refractivity contribution in [2.75, 3.05) is 39.1 Å². The highest BCUT2D eigenvalue weighted by molar-refractivity contribution is 6.03. The number of aliphatic hydroxyl groups excluding tert-OH is 4. The van der Waals surface area contributed by atoms with E-state index in [0.717, 1.165) is 99.3 Å². The molecule has 63 heavy (non-hydrogen) atoms. The number of aryl methyl sites for hydroxylation is 2. The Labute approximate surface area is 375 Å². The number of aromatic nitrogens is 1. The fourth-order valence-electron chi connectivity index (χ4n) is 10.3. The summed E-state index contributed by atoms with van der Waals surface area (Å²) in [6.45, 7) is 3.05. The molecule has 6 rings (SSSR count). The van der Waals surface area contributed by atoms with Crippen LogP contribution in [0.1, 0.15) is 114 Å². The van der Waals surface area contributed by atoms with E-state index in [2.05, 4.69) is 21.7 Å². The third-order valence-corrected chi connectivity index (χ3v) is 13.7. The lowest BCUT2D eigenvalue weighted by molar-refractivity contribution is -0.0552. The van der Waals surface area contributed by atoms with Crippen molar-refractivity contribution < 1.29 is 35.0 Å². The number of benzene rings is 1. The Hall–Kier alpha value is -3.66. The van der Waals surface area contributed by atoms with Crippen molar-refractivity contribution in [1.29, 1.82) is 0 Å². The number of ether oxygens (including phenoxy) is 2. The molecule has 1 aromatic heterocycles. The molecule has 0 amide bonds. The fourth-order valence-corrected chi connectivity index (χ4v) is 10.3. The van der Waals surface area contributed by atoms with Crippen LogP contribution in [-0.2, 0) is 12.8 Å². The van der Waals surface area contributed by atoms with Crippen LogP contribution in [0.25, 0.3) is 0 Å². The van der Waals surface area contributed by atoms with Gasteiger partial charge in [-0.3, -0.25) is 0 Å². The first kappa shape index (κ1) is 48.8. The molecule has 2 aliphatic carbocycles. The zero-order chi connectivity index (χ0) is 44.7. The smallest absolute Gasteiger partial charge is 0.208 e. The van der Waals surface area contributed by atoms with Gasteiger partial charge in [0.2, 0.25) is 5.70 Å². The van der Waals surface area contributed by atoms with Gasteiger partial charge < -0.3 is 57.1 Å². The Balaban J connectivity index is 0.907. The number of likely N-dealkylation sites (N-methyl/N-ethyl adjacent to an activating group) is 1. The molecule has 2 aromatic rings. The molecule has 13 nitrogen and oxygen atoms in total. The average Bonchev–Trinajstić information content (AvgIpc) is 4.01. The number of nitrogens with zero attached hydrogens (tertiary/aromatic N) is 2. The number of phenolic OH excluding ortho intramolecular Hbond substituents is 1. The summed E-state index contributed by atoms with van der Waals surface area (Å²) in [5.41, 5.74) is 16.8. The summed E-state index contributed by atoms with van der Waals surface area (Å²) in [5.74, 6) is 3.47. The normalized spacial score (nSPS) is 23.3. The summed E-state index contributed by atoms with van der Waals surface area (Å²) in [7, 11) is 1.97. The van der Waals surface area contributed by atoms with E-state index in [1.54, 1.807) is 12.3 Å². The number of aliphatic hydroxyl groups is 6. The van der Waals surface area contributed by atoms with Crippen LogP contribution in [0.3, 0.4) is 0 Å². The molecule has 13 heteroatoms. The Morgan fingerprint density at radius 3 is 2.60 bits per heavy atom. The van der Waals surface area contributed by atoms with Gasteiger partial charge in [-0.15, -0.1) is 16.6 Å². The zero-order valence-electron chi connectivity index (χ0n) is 37.8. The largest absolute Gasteiger partial charge is 0.504 e. The number of rotatable bonds is 27. The number of nitrogen functional groups attached to an aromatic ring is 1. The van der Waals surface area contributed by atoms with Crippen LogP contribution >= 0.6 is 0 Å². The van der Waals surface area contributed by atoms with Crippen molar-refractivity contribution in [3.05, 3.63) is 83.1 Å². The van der Waals surface area contributed by atoms with Gasteiger partial charge in [0.25, 0.3) is 0 Å². The van der Waals surface area contributed by atoms with Gasteiger partial charge >= 0.3 is 0 Å². The second kappa shape index (κ2) is 24.6. The van der Waals surface area contributed by atoms with E-state index in [9.17, 15) is 25.5 Å². The molecule has 2 saturated carbocycles. The quantitative estimate of drug-likeness (QED) is 0.0325. The van der Waals surface area contributed by atoms with Crippen molar-refractivity contribution in [2.24, 2.45) is 28.5 Å². The molecule has 2 aliphatic heterocycles. The first-order chi connectivity index (χ1) is 30.5. The summed E-state index contributed by atoms with van der Waals surface area (Å²) in [6.07, 6.45) is 21.1. The maximum atomic E-state index is 11.4. The Kier molecular flexibility index (Phi) is 19.0. The van der Waals surface area contributed by atoms with Crippen LogP contribution in [0.4, 0.5) is 5.82 Å². The Morgan fingerprint density at radius 2 is 1.81 bits per heavy atom. The van der Waals surface area contributed by atoms with E-state index >= 15 is 0 Å². The fraction of sp³-hybridized carbons (Fsp3) is 0.640. The third kappa shape index (κ3) is 14.4. The van der Waals surface area contributed by atoms with Crippen LogP contribution < -0.4 is 26.8 Å². The maximum Gasteiger partial charge on any atom is 0.208 e. The topological polar surface area (TPSA) is 225 Å². The molecule has 1 unspecified atom stereocenters. The van der Waals surface area contributed by atoms with Crippen molar-refractivity contribution in [1.82, 2.24) is 15.6 Å². The number of aromatic hydroxyl groups is 1. The minimum Gasteiger partial charge on any atom is -0.504 e. The van der Waals surface area contributed by atoms with Crippen molar-refractivity contribution in [2.45, 2.75) is 153 Å². The molecule has 0 saturated heterocycles. The minimum absolute atomic E-state index is 0.00180.